The van der Waals surface area contributed by atoms with Crippen molar-refractivity contribution in [2.24, 2.45) is 0 Å². The molecule has 0 unspecified atom stereocenters. The van der Waals surface area contributed by atoms with Gasteiger partial charge in [-0.1, -0.05) is 6.07 Å². The highest BCUT2D eigenvalue weighted by atomic mass is 32.1. The Bertz CT molecular complexity index is 610. The van der Waals surface area contributed by atoms with Crippen molar-refractivity contribution in [2.75, 3.05) is 45.0 Å². The lowest BCUT2D eigenvalue weighted by molar-refractivity contribution is 0.244. The highest BCUT2D eigenvalue weighted by molar-refractivity contribution is 7.10. The molecule has 0 aliphatic rings. The Hall–Kier alpha value is -2.12. The van der Waals surface area contributed by atoms with Crippen LogP contribution in [0, 0.1) is 0 Å². The summed E-state index contributed by atoms with van der Waals surface area (Å²) < 4.78 is 0. The molecule has 7 heteroatoms. The zero-order valence-electron chi connectivity index (χ0n) is 13.9. The van der Waals surface area contributed by atoms with Crippen LogP contribution < -0.4 is 15.5 Å². The average molecular weight is 333 g/mol. The van der Waals surface area contributed by atoms with Crippen LogP contribution in [-0.4, -0.2) is 50.7 Å². The molecule has 0 aliphatic heterocycles. The molecule has 2 heterocycles. The minimum atomic E-state index is -0.229. The molecule has 23 heavy (non-hydrogen) atoms. The summed E-state index contributed by atoms with van der Waals surface area (Å²) in [6.45, 7) is 0.544. The number of likely N-dealkylation sites (N-methyl/N-ethyl adjacent to an activating group) is 1. The number of anilines is 2. The number of rotatable bonds is 6. The molecule has 0 aliphatic carbocycles. The number of thiophene rings is 1. The van der Waals surface area contributed by atoms with Crippen LogP contribution in [0.3, 0.4) is 0 Å². The Labute approximate surface area is 141 Å². The second kappa shape index (κ2) is 7.94. The predicted molar refractivity (Wildman–Crippen MR) is 96.3 cm³/mol. The van der Waals surface area contributed by atoms with Gasteiger partial charge in [-0.3, -0.25) is 0 Å². The van der Waals surface area contributed by atoms with Gasteiger partial charge >= 0.3 is 6.03 Å². The molecule has 0 saturated carbocycles. The van der Waals surface area contributed by atoms with E-state index in [9.17, 15) is 4.79 Å². The molecule has 2 amide bonds. The number of pyridine rings is 1. The maximum absolute atomic E-state index is 12.1. The van der Waals surface area contributed by atoms with E-state index < -0.39 is 0 Å². The molecule has 0 fully saturated rings. The maximum Gasteiger partial charge on any atom is 0.319 e. The van der Waals surface area contributed by atoms with Crippen LogP contribution in [0.5, 0.6) is 0 Å². The van der Waals surface area contributed by atoms with E-state index in [-0.39, 0.29) is 12.1 Å². The monoisotopic (exact) mass is 333 g/mol. The van der Waals surface area contributed by atoms with E-state index in [1.165, 1.54) is 4.88 Å². The first-order valence-electron chi connectivity index (χ1n) is 7.35. The van der Waals surface area contributed by atoms with E-state index in [0.29, 0.717) is 12.2 Å². The first-order valence-corrected chi connectivity index (χ1v) is 8.23. The first kappa shape index (κ1) is 17.2. The normalized spacial score (nSPS) is 12.0. The topological polar surface area (TPSA) is 60.5 Å². The molecule has 2 aromatic heterocycles. The van der Waals surface area contributed by atoms with Gasteiger partial charge in [-0.15, -0.1) is 11.3 Å². The fourth-order valence-electron chi connectivity index (χ4n) is 2.11. The number of nitrogens with one attached hydrogen (secondary N) is 2. The van der Waals surface area contributed by atoms with Crippen molar-refractivity contribution in [3.63, 3.8) is 0 Å². The van der Waals surface area contributed by atoms with Gasteiger partial charge in [-0.2, -0.15) is 0 Å². The lowest BCUT2D eigenvalue weighted by Gasteiger charge is -2.23. The fourth-order valence-corrected chi connectivity index (χ4v) is 3.03. The summed E-state index contributed by atoms with van der Waals surface area (Å²) in [6.07, 6.45) is 1.65. The summed E-state index contributed by atoms with van der Waals surface area (Å²) in [5, 5.41) is 7.76. The van der Waals surface area contributed by atoms with Gasteiger partial charge in [0.25, 0.3) is 0 Å². The maximum atomic E-state index is 12.1. The lowest BCUT2D eigenvalue weighted by Crippen LogP contribution is -2.36. The summed E-state index contributed by atoms with van der Waals surface area (Å²) in [6, 6.07) is 7.74. The van der Waals surface area contributed by atoms with E-state index >= 15 is 0 Å². The molecule has 2 N–H and O–H groups in total. The number of nitrogens with zero attached hydrogens (tertiary/aromatic N) is 3. The van der Waals surface area contributed by atoms with Crippen LogP contribution in [0.4, 0.5) is 16.3 Å². The Morgan fingerprint density at radius 2 is 2.04 bits per heavy atom. The third-order valence-electron chi connectivity index (χ3n) is 3.41. The molecule has 1 atom stereocenters. The number of amides is 2. The van der Waals surface area contributed by atoms with E-state index in [1.54, 1.807) is 17.5 Å². The third-order valence-corrected chi connectivity index (χ3v) is 4.39. The SMILES string of the molecule is CN(C)c1ccc(NC(=O)NC[C@H](c2cccs2)N(C)C)cn1. The van der Waals surface area contributed by atoms with Crippen LogP contribution in [-0.2, 0) is 0 Å². The van der Waals surface area contributed by atoms with Crippen molar-refractivity contribution in [1.82, 2.24) is 15.2 Å². The van der Waals surface area contributed by atoms with Crippen LogP contribution in [0.1, 0.15) is 10.9 Å². The van der Waals surface area contributed by atoms with Crippen molar-refractivity contribution in [2.45, 2.75) is 6.04 Å². The summed E-state index contributed by atoms with van der Waals surface area (Å²) in [7, 11) is 7.87. The lowest BCUT2D eigenvalue weighted by atomic mass is 10.2. The number of urea groups is 1. The van der Waals surface area contributed by atoms with Gasteiger partial charge in [0, 0.05) is 25.5 Å². The zero-order chi connectivity index (χ0) is 16.8. The van der Waals surface area contributed by atoms with Crippen LogP contribution in [0.15, 0.2) is 35.8 Å². The molecular formula is C16H23N5OS. The minimum absolute atomic E-state index is 0.162. The van der Waals surface area contributed by atoms with Crippen molar-refractivity contribution in [1.29, 1.82) is 0 Å². The third kappa shape index (κ3) is 4.94. The quantitative estimate of drug-likeness (QED) is 0.853. The van der Waals surface area contributed by atoms with Gasteiger partial charge in [-0.25, -0.2) is 9.78 Å². The van der Waals surface area contributed by atoms with E-state index in [2.05, 4.69) is 26.6 Å². The molecule has 0 spiro atoms. The Morgan fingerprint density at radius 1 is 1.26 bits per heavy atom. The highest BCUT2D eigenvalue weighted by Gasteiger charge is 2.16. The van der Waals surface area contributed by atoms with Crippen molar-refractivity contribution in [3.8, 4) is 0 Å². The van der Waals surface area contributed by atoms with E-state index in [0.717, 1.165) is 5.82 Å². The summed E-state index contributed by atoms with van der Waals surface area (Å²) in [5.74, 6) is 0.848. The van der Waals surface area contributed by atoms with E-state index in [4.69, 9.17) is 0 Å². The van der Waals surface area contributed by atoms with E-state index in [1.807, 2.05) is 56.7 Å². The zero-order valence-corrected chi connectivity index (χ0v) is 14.7. The molecule has 124 valence electrons. The predicted octanol–water partition coefficient (Wildman–Crippen LogP) is 2.63. The summed E-state index contributed by atoms with van der Waals surface area (Å²) in [5.41, 5.74) is 0.672. The molecule has 6 nitrogen and oxygen atoms in total. The number of aromatic nitrogens is 1. The van der Waals surface area contributed by atoms with Gasteiger partial charge in [0.2, 0.25) is 0 Å². The van der Waals surface area contributed by atoms with Gasteiger partial charge in [0.1, 0.15) is 5.82 Å². The Morgan fingerprint density at radius 3 is 2.57 bits per heavy atom. The molecule has 2 aromatic rings. The number of carbonyl (C=O) groups excluding carboxylic acids is 1. The molecular weight excluding hydrogens is 310 g/mol. The Balaban J connectivity index is 1.89. The number of carbonyl (C=O) groups is 1. The number of hydrogen-bond donors (Lipinski definition) is 2. The van der Waals surface area contributed by atoms with Gasteiger partial charge in [-0.05, 0) is 37.7 Å². The summed E-state index contributed by atoms with van der Waals surface area (Å²) in [4.78, 5) is 21.6. The first-order chi connectivity index (χ1) is 11.0. The minimum Gasteiger partial charge on any atom is -0.363 e. The van der Waals surface area contributed by atoms with Crippen molar-refractivity contribution < 1.29 is 4.79 Å². The standard InChI is InChI=1S/C16H23N5OS/c1-20(2)13(14-6-5-9-23-14)11-18-16(22)19-12-7-8-15(17-10-12)21(3)4/h5-10,13H,11H2,1-4H3,(H2,18,19,22)/t13-/m1/s1. The summed E-state index contributed by atoms with van der Waals surface area (Å²) >= 11 is 1.69. The van der Waals surface area contributed by atoms with Gasteiger partial charge in [0.15, 0.2) is 0 Å². The average Bonchev–Trinajstić information content (AvgIpc) is 3.01. The highest BCUT2D eigenvalue weighted by Crippen LogP contribution is 2.22. The largest absolute Gasteiger partial charge is 0.363 e. The molecule has 0 aromatic carbocycles. The van der Waals surface area contributed by atoms with Crippen molar-refractivity contribution in [3.05, 3.63) is 40.7 Å². The molecule has 2 rings (SSSR count). The second-order valence-corrected chi connectivity index (χ2v) is 6.61. The van der Waals surface area contributed by atoms with Crippen molar-refractivity contribution >= 4 is 28.9 Å². The van der Waals surface area contributed by atoms with Gasteiger partial charge in [0.05, 0.1) is 17.9 Å². The van der Waals surface area contributed by atoms with Crippen LogP contribution in [0.25, 0.3) is 0 Å². The molecule has 0 bridgehead atoms. The second-order valence-electron chi connectivity index (χ2n) is 5.63. The molecule has 0 saturated heterocycles. The Kier molecular flexibility index (Phi) is 5.95. The van der Waals surface area contributed by atoms with Crippen LogP contribution in [0.2, 0.25) is 0 Å². The molecule has 0 radical (unpaired) electrons. The van der Waals surface area contributed by atoms with Crippen LogP contribution >= 0.6 is 11.3 Å². The smallest absolute Gasteiger partial charge is 0.319 e. The fraction of sp³-hybridized carbons (Fsp3) is 0.375. The number of hydrogen-bond acceptors (Lipinski definition) is 5. The van der Waals surface area contributed by atoms with Gasteiger partial charge < -0.3 is 20.4 Å².